The molecular formula is C10H15ClN2O2. The topological polar surface area (TPSA) is 68.3 Å². The summed E-state index contributed by atoms with van der Waals surface area (Å²) in [5.41, 5.74) is 5.78. The van der Waals surface area contributed by atoms with E-state index in [-0.39, 0.29) is 22.9 Å². The summed E-state index contributed by atoms with van der Waals surface area (Å²) in [5, 5.41) is 2.88. The fourth-order valence-electron chi connectivity index (χ4n) is 0.970. The average molecular weight is 231 g/mol. The molecule has 0 aliphatic rings. The van der Waals surface area contributed by atoms with Crippen LogP contribution in [-0.2, 0) is 0 Å². The second-order valence-electron chi connectivity index (χ2n) is 3.72. The van der Waals surface area contributed by atoms with Crippen LogP contribution in [0.3, 0.4) is 0 Å². The van der Waals surface area contributed by atoms with Crippen LogP contribution in [0, 0.1) is 5.92 Å². The number of rotatable bonds is 4. The molecule has 0 aliphatic carbocycles. The van der Waals surface area contributed by atoms with Crippen molar-refractivity contribution in [2.75, 3.05) is 6.54 Å². The van der Waals surface area contributed by atoms with Gasteiger partial charge in [-0.25, -0.2) is 0 Å². The van der Waals surface area contributed by atoms with E-state index in [1.807, 2.05) is 13.8 Å². The zero-order chi connectivity index (χ0) is 11.4. The van der Waals surface area contributed by atoms with Crippen molar-refractivity contribution < 1.29 is 9.21 Å². The smallest absolute Gasteiger partial charge is 0.287 e. The van der Waals surface area contributed by atoms with Gasteiger partial charge in [-0.05, 0) is 29.7 Å². The number of carbonyl (C=O) groups is 1. The van der Waals surface area contributed by atoms with Crippen LogP contribution in [-0.4, -0.2) is 18.5 Å². The predicted octanol–water partition coefficient (Wildman–Crippen LogP) is 1.65. The van der Waals surface area contributed by atoms with Crippen molar-refractivity contribution in [1.82, 2.24) is 5.32 Å². The standard InChI is InChI=1S/C10H15ClN2O2/c1-6(2)7(12)5-13-10(14)8-3-4-9(11)15-8/h3-4,6-7H,5,12H2,1-2H3,(H,13,14). The average Bonchev–Trinajstić information content (AvgIpc) is 2.60. The van der Waals surface area contributed by atoms with E-state index in [0.717, 1.165) is 0 Å². The highest BCUT2D eigenvalue weighted by molar-refractivity contribution is 6.29. The van der Waals surface area contributed by atoms with Gasteiger partial charge in [-0.15, -0.1) is 0 Å². The second kappa shape index (κ2) is 5.19. The zero-order valence-electron chi connectivity index (χ0n) is 8.79. The van der Waals surface area contributed by atoms with Crippen molar-refractivity contribution in [2.45, 2.75) is 19.9 Å². The van der Waals surface area contributed by atoms with E-state index in [1.54, 1.807) is 0 Å². The van der Waals surface area contributed by atoms with Gasteiger partial charge in [-0.1, -0.05) is 13.8 Å². The van der Waals surface area contributed by atoms with Crippen LogP contribution < -0.4 is 11.1 Å². The molecule has 0 fully saturated rings. The van der Waals surface area contributed by atoms with Crippen molar-refractivity contribution >= 4 is 17.5 Å². The first-order chi connectivity index (χ1) is 7.00. The molecule has 0 bridgehead atoms. The summed E-state index contributed by atoms with van der Waals surface area (Å²) in [5.74, 6) is 0.236. The SMILES string of the molecule is CC(C)C(N)CNC(=O)c1ccc(Cl)o1. The van der Waals surface area contributed by atoms with E-state index in [4.69, 9.17) is 21.8 Å². The Balaban J connectivity index is 2.43. The molecule has 5 heteroatoms. The molecule has 1 aromatic heterocycles. The first-order valence-corrected chi connectivity index (χ1v) is 5.17. The number of amides is 1. The Labute approximate surface area is 93.8 Å². The molecule has 4 nitrogen and oxygen atoms in total. The molecular weight excluding hydrogens is 216 g/mol. The fourth-order valence-corrected chi connectivity index (χ4v) is 1.12. The third kappa shape index (κ3) is 3.57. The van der Waals surface area contributed by atoms with E-state index in [2.05, 4.69) is 5.32 Å². The lowest BCUT2D eigenvalue weighted by Crippen LogP contribution is -2.40. The summed E-state index contributed by atoms with van der Waals surface area (Å²) < 4.78 is 4.95. The molecule has 3 N–H and O–H groups in total. The van der Waals surface area contributed by atoms with Crippen molar-refractivity contribution in [3.8, 4) is 0 Å². The summed E-state index contributed by atoms with van der Waals surface area (Å²) >= 11 is 5.55. The first-order valence-electron chi connectivity index (χ1n) is 4.80. The number of furan rings is 1. The molecule has 84 valence electrons. The Hall–Kier alpha value is -1.00. The maximum absolute atomic E-state index is 11.5. The van der Waals surface area contributed by atoms with Gasteiger partial charge in [0.2, 0.25) is 0 Å². The summed E-state index contributed by atoms with van der Waals surface area (Å²) in [6, 6.07) is 3.00. The molecule has 0 radical (unpaired) electrons. The minimum absolute atomic E-state index is 0.0561. The van der Waals surface area contributed by atoms with Crippen molar-refractivity contribution in [3.63, 3.8) is 0 Å². The van der Waals surface area contributed by atoms with Gasteiger partial charge in [0.05, 0.1) is 0 Å². The Kier molecular flexibility index (Phi) is 4.17. The molecule has 0 aromatic carbocycles. The van der Waals surface area contributed by atoms with Crippen LogP contribution in [0.25, 0.3) is 0 Å². The number of nitrogens with two attached hydrogens (primary N) is 1. The van der Waals surface area contributed by atoms with Gasteiger partial charge in [-0.3, -0.25) is 4.79 Å². The zero-order valence-corrected chi connectivity index (χ0v) is 9.54. The molecule has 1 rings (SSSR count). The van der Waals surface area contributed by atoms with Gasteiger partial charge in [-0.2, -0.15) is 0 Å². The molecule has 1 aromatic rings. The second-order valence-corrected chi connectivity index (χ2v) is 4.09. The molecule has 1 atom stereocenters. The Morgan fingerprint density at radius 1 is 1.60 bits per heavy atom. The highest BCUT2D eigenvalue weighted by atomic mass is 35.5. The Morgan fingerprint density at radius 2 is 2.27 bits per heavy atom. The van der Waals surface area contributed by atoms with E-state index in [9.17, 15) is 4.79 Å². The largest absolute Gasteiger partial charge is 0.440 e. The van der Waals surface area contributed by atoms with Crippen LogP contribution in [0.5, 0.6) is 0 Å². The summed E-state index contributed by atoms with van der Waals surface area (Å²) in [4.78, 5) is 11.5. The molecule has 1 amide bonds. The molecule has 0 spiro atoms. The number of hydrogen-bond donors (Lipinski definition) is 2. The highest BCUT2D eigenvalue weighted by Crippen LogP contribution is 2.12. The molecule has 0 saturated carbocycles. The normalized spacial score (nSPS) is 12.9. The van der Waals surface area contributed by atoms with E-state index < -0.39 is 0 Å². The van der Waals surface area contributed by atoms with Gasteiger partial charge in [0.25, 0.3) is 5.91 Å². The van der Waals surface area contributed by atoms with E-state index in [1.165, 1.54) is 12.1 Å². The Bertz CT molecular complexity index is 336. The molecule has 0 aliphatic heterocycles. The van der Waals surface area contributed by atoms with Gasteiger partial charge >= 0.3 is 0 Å². The molecule has 0 saturated heterocycles. The predicted molar refractivity (Wildman–Crippen MR) is 58.9 cm³/mol. The van der Waals surface area contributed by atoms with Gasteiger partial charge < -0.3 is 15.5 Å². The van der Waals surface area contributed by atoms with Gasteiger partial charge in [0.15, 0.2) is 11.0 Å². The summed E-state index contributed by atoms with van der Waals surface area (Å²) in [6.45, 7) is 4.43. The Morgan fingerprint density at radius 3 is 2.73 bits per heavy atom. The monoisotopic (exact) mass is 230 g/mol. The summed E-state index contributed by atoms with van der Waals surface area (Å²) in [7, 11) is 0. The molecule has 1 unspecified atom stereocenters. The summed E-state index contributed by atoms with van der Waals surface area (Å²) in [6.07, 6.45) is 0. The molecule has 15 heavy (non-hydrogen) atoms. The van der Waals surface area contributed by atoms with Gasteiger partial charge in [0, 0.05) is 12.6 Å². The number of nitrogens with one attached hydrogen (secondary N) is 1. The lowest BCUT2D eigenvalue weighted by Gasteiger charge is -2.15. The van der Waals surface area contributed by atoms with Crippen LogP contribution in [0.4, 0.5) is 0 Å². The van der Waals surface area contributed by atoms with Crippen LogP contribution in [0.1, 0.15) is 24.4 Å². The molecule has 1 heterocycles. The van der Waals surface area contributed by atoms with Crippen LogP contribution in [0.2, 0.25) is 5.22 Å². The number of halogens is 1. The number of hydrogen-bond acceptors (Lipinski definition) is 3. The van der Waals surface area contributed by atoms with Crippen LogP contribution >= 0.6 is 11.6 Å². The maximum Gasteiger partial charge on any atom is 0.287 e. The lowest BCUT2D eigenvalue weighted by molar-refractivity contribution is 0.0921. The first kappa shape index (κ1) is 12.1. The van der Waals surface area contributed by atoms with Crippen molar-refractivity contribution in [3.05, 3.63) is 23.1 Å². The highest BCUT2D eigenvalue weighted by Gasteiger charge is 2.13. The van der Waals surface area contributed by atoms with E-state index >= 15 is 0 Å². The lowest BCUT2D eigenvalue weighted by atomic mass is 10.1. The third-order valence-electron chi connectivity index (χ3n) is 2.15. The fraction of sp³-hybridized carbons (Fsp3) is 0.500. The quantitative estimate of drug-likeness (QED) is 0.827. The van der Waals surface area contributed by atoms with Crippen molar-refractivity contribution in [1.29, 1.82) is 0 Å². The number of carbonyl (C=O) groups excluding carboxylic acids is 1. The van der Waals surface area contributed by atoms with E-state index in [0.29, 0.717) is 12.5 Å². The minimum atomic E-state index is -0.294. The minimum Gasteiger partial charge on any atom is -0.440 e. The van der Waals surface area contributed by atoms with Crippen molar-refractivity contribution in [2.24, 2.45) is 11.7 Å². The maximum atomic E-state index is 11.5. The third-order valence-corrected chi connectivity index (χ3v) is 2.35. The van der Waals surface area contributed by atoms with Gasteiger partial charge in [0.1, 0.15) is 0 Å². The van der Waals surface area contributed by atoms with Crippen LogP contribution in [0.15, 0.2) is 16.5 Å².